The number of ether oxygens (including phenoxy) is 1. The number of anilines is 1. The molecule has 2 aromatic rings. The lowest BCUT2D eigenvalue weighted by molar-refractivity contribution is -0.111. The maximum atomic E-state index is 12.2. The first kappa shape index (κ1) is 17.1. The lowest BCUT2D eigenvalue weighted by atomic mass is 10.1. The van der Waals surface area contributed by atoms with Crippen LogP contribution in [-0.2, 0) is 4.79 Å². The van der Waals surface area contributed by atoms with Gasteiger partial charge in [0.1, 0.15) is 5.75 Å². The molecule has 0 unspecified atom stereocenters. The predicted octanol–water partition coefficient (Wildman–Crippen LogP) is 4.93. The van der Waals surface area contributed by atoms with Crippen molar-refractivity contribution in [3.05, 3.63) is 63.7 Å². The van der Waals surface area contributed by atoms with Crippen LogP contribution < -0.4 is 10.1 Å². The van der Waals surface area contributed by atoms with Gasteiger partial charge >= 0.3 is 0 Å². The first-order chi connectivity index (χ1) is 10.9. The molecule has 0 aliphatic rings. The highest BCUT2D eigenvalue weighted by Gasteiger charge is 2.08. The monoisotopic (exact) mass is 329 g/mol. The summed E-state index contributed by atoms with van der Waals surface area (Å²) in [5.41, 5.74) is 4.59. The Kier molecular flexibility index (Phi) is 5.45. The Bertz CT molecular complexity index is 743. The van der Waals surface area contributed by atoms with E-state index < -0.39 is 0 Å². The van der Waals surface area contributed by atoms with Crippen LogP contribution in [0, 0.1) is 20.8 Å². The zero-order valence-electron chi connectivity index (χ0n) is 13.7. The van der Waals surface area contributed by atoms with Gasteiger partial charge in [0.25, 0.3) is 0 Å². The fraction of sp³-hybridized carbons (Fsp3) is 0.211. The lowest BCUT2D eigenvalue weighted by Crippen LogP contribution is -2.09. The Labute approximate surface area is 141 Å². The molecule has 0 aromatic heterocycles. The van der Waals surface area contributed by atoms with Crippen molar-refractivity contribution >= 4 is 29.3 Å². The Balaban J connectivity index is 2.19. The average molecular weight is 330 g/mol. The van der Waals surface area contributed by atoms with Crippen molar-refractivity contribution in [1.29, 1.82) is 0 Å². The summed E-state index contributed by atoms with van der Waals surface area (Å²) in [6, 6.07) is 9.62. The van der Waals surface area contributed by atoms with Crippen LogP contribution in [0.15, 0.2) is 36.4 Å². The topological polar surface area (TPSA) is 38.3 Å². The minimum Gasteiger partial charge on any atom is -0.496 e. The molecule has 4 heteroatoms. The molecule has 2 aromatic carbocycles. The number of halogens is 1. The van der Waals surface area contributed by atoms with E-state index in [2.05, 4.69) is 5.32 Å². The molecule has 0 saturated heterocycles. The van der Waals surface area contributed by atoms with Crippen molar-refractivity contribution in [2.45, 2.75) is 20.8 Å². The molecular weight excluding hydrogens is 310 g/mol. The van der Waals surface area contributed by atoms with Gasteiger partial charge in [0.15, 0.2) is 0 Å². The van der Waals surface area contributed by atoms with E-state index in [9.17, 15) is 4.79 Å². The van der Waals surface area contributed by atoms with Gasteiger partial charge in [0, 0.05) is 11.6 Å². The molecule has 23 heavy (non-hydrogen) atoms. The highest BCUT2D eigenvalue weighted by Crippen LogP contribution is 2.27. The lowest BCUT2D eigenvalue weighted by Gasteiger charge is -2.10. The third-order valence-corrected chi connectivity index (χ3v) is 3.78. The van der Waals surface area contributed by atoms with Gasteiger partial charge in [-0.3, -0.25) is 4.79 Å². The quantitative estimate of drug-likeness (QED) is 0.808. The Morgan fingerprint density at radius 3 is 2.52 bits per heavy atom. The molecule has 0 spiro atoms. The number of hydrogen-bond acceptors (Lipinski definition) is 2. The van der Waals surface area contributed by atoms with Crippen LogP contribution in [0.5, 0.6) is 5.75 Å². The number of benzene rings is 2. The molecule has 0 bridgehead atoms. The van der Waals surface area contributed by atoms with Gasteiger partial charge in [-0.05, 0) is 56.2 Å². The molecule has 1 N–H and O–H groups in total. The van der Waals surface area contributed by atoms with Crippen LogP contribution in [0.25, 0.3) is 6.08 Å². The van der Waals surface area contributed by atoms with E-state index in [0.29, 0.717) is 10.7 Å². The van der Waals surface area contributed by atoms with E-state index in [-0.39, 0.29) is 5.91 Å². The van der Waals surface area contributed by atoms with Crippen LogP contribution in [0.4, 0.5) is 5.69 Å². The average Bonchev–Trinajstić information content (AvgIpc) is 2.49. The molecular formula is C19H20ClNO2. The second-order valence-electron chi connectivity index (χ2n) is 5.51. The zero-order chi connectivity index (χ0) is 17.0. The highest BCUT2D eigenvalue weighted by molar-refractivity contribution is 6.34. The number of nitrogens with one attached hydrogen (secondary N) is 1. The first-order valence-corrected chi connectivity index (χ1v) is 7.69. The Morgan fingerprint density at radius 2 is 1.87 bits per heavy atom. The van der Waals surface area contributed by atoms with E-state index >= 15 is 0 Å². The van der Waals surface area contributed by atoms with E-state index in [1.165, 1.54) is 6.08 Å². The summed E-state index contributed by atoms with van der Waals surface area (Å²) in [5.74, 6) is 0.492. The van der Waals surface area contributed by atoms with Gasteiger partial charge in [-0.25, -0.2) is 0 Å². The third-order valence-electron chi connectivity index (χ3n) is 3.48. The second kappa shape index (κ2) is 7.34. The number of hydrogen-bond donors (Lipinski definition) is 1. The summed E-state index contributed by atoms with van der Waals surface area (Å²) in [6.45, 7) is 5.88. The third kappa shape index (κ3) is 4.36. The van der Waals surface area contributed by atoms with Gasteiger partial charge < -0.3 is 10.1 Å². The Hall–Kier alpha value is -2.26. The molecule has 0 saturated carbocycles. The summed E-state index contributed by atoms with van der Waals surface area (Å²) >= 11 is 6.21. The van der Waals surface area contributed by atoms with Crippen molar-refractivity contribution < 1.29 is 9.53 Å². The van der Waals surface area contributed by atoms with Crippen LogP contribution in [-0.4, -0.2) is 13.0 Å². The van der Waals surface area contributed by atoms with Gasteiger partial charge in [-0.2, -0.15) is 0 Å². The Morgan fingerprint density at radius 1 is 1.13 bits per heavy atom. The summed E-state index contributed by atoms with van der Waals surface area (Å²) in [6.07, 6.45) is 3.21. The van der Waals surface area contributed by atoms with Crippen LogP contribution in [0.3, 0.4) is 0 Å². The van der Waals surface area contributed by atoms with E-state index in [1.54, 1.807) is 13.2 Å². The number of carbonyl (C=O) groups is 1. The molecule has 0 aliphatic carbocycles. The molecule has 0 heterocycles. The summed E-state index contributed by atoms with van der Waals surface area (Å²) in [7, 11) is 1.61. The molecule has 0 radical (unpaired) electrons. The second-order valence-corrected chi connectivity index (χ2v) is 5.91. The fourth-order valence-electron chi connectivity index (χ4n) is 2.39. The van der Waals surface area contributed by atoms with E-state index in [4.69, 9.17) is 16.3 Å². The summed E-state index contributed by atoms with van der Waals surface area (Å²) in [4.78, 5) is 12.2. The molecule has 2 rings (SSSR count). The number of carbonyl (C=O) groups excluding carboxylic acids is 1. The van der Waals surface area contributed by atoms with Crippen molar-refractivity contribution in [1.82, 2.24) is 0 Å². The number of aryl methyl sites for hydroxylation is 3. The highest BCUT2D eigenvalue weighted by atomic mass is 35.5. The van der Waals surface area contributed by atoms with Gasteiger partial charge in [-0.1, -0.05) is 29.3 Å². The minimum absolute atomic E-state index is 0.234. The smallest absolute Gasteiger partial charge is 0.248 e. The molecule has 0 fully saturated rings. The molecule has 120 valence electrons. The first-order valence-electron chi connectivity index (χ1n) is 7.31. The fourth-order valence-corrected chi connectivity index (χ4v) is 2.76. The largest absolute Gasteiger partial charge is 0.496 e. The minimum atomic E-state index is -0.234. The van der Waals surface area contributed by atoms with Crippen molar-refractivity contribution in [2.24, 2.45) is 0 Å². The molecule has 0 atom stereocenters. The number of amides is 1. The maximum absolute atomic E-state index is 12.2. The van der Waals surface area contributed by atoms with Crippen LogP contribution in [0.1, 0.15) is 22.3 Å². The normalized spacial score (nSPS) is 10.8. The van der Waals surface area contributed by atoms with Gasteiger partial charge in [-0.15, -0.1) is 0 Å². The molecule has 0 aliphatic heterocycles. The van der Waals surface area contributed by atoms with E-state index in [1.807, 2.05) is 51.1 Å². The summed E-state index contributed by atoms with van der Waals surface area (Å²) in [5, 5.41) is 3.37. The van der Waals surface area contributed by atoms with Crippen molar-refractivity contribution in [3.8, 4) is 5.75 Å². The standard InChI is InChI=1S/C19H20ClNO2/c1-12-5-7-17(23-4)15(10-12)6-8-18(22)21-19-14(3)9-13(2)11-16(19)20/h5-11H,1-4H3,(H,21,22)/b8-6+. The van der Waals surface area contributed by atoms with Gasteiger partial charge in [0.05, 0.1) is 17.8 Å². The van der Waals surface area contributed by atoms with Gasteiger partial charge in [0.2, 0.25) is 5.91 Å². The predicted molar refractivity (Wildman–Crippen MR) is 96.3 cm³/mol. The number of rotatable bonds is 4. The summed E-state index contributed by atoms with van der Waals surface area (Å²) < 4.78 is 5.30. The zero-order valence-corrected chi connectivity index (χ0v) is 14.5. The van der Waals surface area contributed by atoms with Crippen molar-refractivity contribution in [2.75, 3.05) is 12.4 Å². The number of methoxy groups -OCH3 is 1. The SMILES string of the molecule is COc1ccc(C)cc1/C=C/C(=O)Nc1c(C)cc(C)cc1Cl. The maximum Gasteiger partial charge on any atom is 0.248 e. The van der Waals surface area contributed by atoms with Crippen LogP contribution in [0.2, 0.25) is 5.02 Å². The van der Waals surface area contributed by atoms with E-state index in [0.717, 1.165) is 28.0 Å². The molecule has 3 nitrogen and oxygen atoms in total. The molecule has 1 amide bonds. The van der Waals surface area contributed by atoms with Crippen LogP contribution >= 0.6 is 11.6 Å². The van der Waals surface area contributed by atoms with Crippen molar-refractivity contribution in [3.63, 3.8) is 0 Å².